The topological polar surface area (TPSA) is 41.1 Å². The molecule has 0 aromatic heterocycles. The molecule has 0 radical (unpaired) electrons. The molecule has 1 atom stereocenters. The molecule has 1 aromatic rings. The quantitative estimate of drug-likeness (QED) is 0.875. The molecular weight excluding hydrogens is 236 g/mol. The van der Waals surface area contributed by atoms with Gasteiger partial charge in [0.05, 0.1) is 5.92 Å². The van der Waals surface area contributed by atoms with E-state index in [9.17, 15) is 4.79 Å². The number of benzene rings is 1. The number of nitrogens with one attached hydrogen (secondary N) is 2. The molecule has 1 amide bonds. The lowest BCUT2D eigenvalue weighted by atomic mass is 9.88. The summed E-state index contributed by atoms with van der Waals surface area (Å²) < 4.78 is 0. The van der Waals surface area contributed by atoms with Crippen LogP contribution in [-0.2, 0) is 4.79 Å². The Balaban J connectivity index is 1.63. The first-order chi connectivity index (χ1) is 9.18. The van der Waals surface area contributed by atoms with Crippen molar-refractivity contribution in [2.45, 2.75) is 38.5 Å². The van der Waals surface area contributed by atoms with Gasteiger partial charge in [-0.3, -0.25) is 4.79 Å². The fourth-order valence-electron chi connectivity index (χ4n) is 3.35. The van der Waals surface area contributed by atoms with Gasteiger partial charge in [-0.25, -0.2) is 0 Å². The molecule has 1 aliphatic carbocycles. The van der Waals surface area contributed by atoms with Crippen LogP contribution in [-0.4, -0.2) is 19.0 Å². The number of rotatable bonds is 3. The Kier molecular flexibility index (Phi) is 3.21. The van der Waals surface area contributed by atoms with Gasteiger partial charge in [-0.2, -0.15) is 0 Å². The Bertz CT molecular complexity index is 477. The van der Waals surface area contributed by atoms with Crippen LogP contribution in [0.3, 0.4) is 0 Å². The summed E-state index contributed by atoms with van der Waals surface area (Å²) in [4.78, 5) is 12.4. The lowest BCUT2D eigenvalue weighted by Gasteiger charge is -2.24. The van der Waals surface area contributed by atoms with Crippen molar-refractivity contribution in [2.24, 2.45) is 5.41 Å². The first-order valence-corrected chi connectivity index (χ1v) is 7.28. The molecule has 3 heteroatoms. The van der Waals surface area contributed by atoms with E-state index in [4.69, 9.17) is 0 Å². The van der Waals surface area contributed by atoms with Crippen LogP contribution in [0.4, 0.5) is 5.69 Å². The molecule has 1 unspecified atom stereocenters. The van der Waals surface area contributed by atoms with Gasteiger partial charge in [0.25, 0.3) is 0 Å². The predicted octanol–water partition coefficient (Wildman–Crippen LogP) is 2.89. The summed E-state index contributed by atoms with van der Waals surface area (Å²) in [5, 5.41) is 6.48. The average molecular weight is 258 g/mol. The van der Waals surface area contributed by atoms with Gasteiger partial charge < -0.3 is 10.6 Å². The van der Waals surface area contributed by atoms with E-state index in [-0.39, 0.29) is 11.8 Å². The minimum Gasteiger partial charge on any atom is -0.384 e. The number of para-hydroxylation sites is 1. The monoisotopic (exact) mass is 258 g/mol. The van der Waals surface area contributed by atoms with Crippen molar-refractivity contribution in [3.8, 4) is 0 Å². The molecule has 1 saturated carbocycles. The van der Waals surface area contributed by atoms with Crippen LogP contribution in [0, 0.1) is 5.41 Å². The van der Waals surface area contributed by atoms with Gasteiger partial charge in [0.1, 0.15) is 0 Å². The molecule has 3 nitrogen and oxygen atoms in total. The minimum atomic E-state index is -0.0267. The zero-order valence-electron chi connectivity index (χ0n) is 11.5. The minimum absolute atomic E-state index is 0.0267. The van der Waals surface area contributed by atoms with E-state index in [2.05, 4.69) is 23.6 Å². The predicted molar refractivity (Wildman–Crippen MR) is 77.3 cm³/mol. The van der Waals surface area contributed by atoms with Gasteiger partial charge in [0.2, 0.25) is 5.91 Å². The summed E-state index contributed by atoms with van der Waals surface area (Å²) in [7, 11) is 0. The number of anilines is 1. The molecule has 19 heavy (non-hydrogen) atoms. The Labute approximate surface area is 114 Å². The third-order valence-corrected chi connectivity index (χ3v) is 4.65. The number of fused-ring (bicyclic) bond motifs is 1. The van der Waals surface area contributed by atoms with E-state index in [0.717, 1.165) is 24.3 Å². The molecule has 1 heterocycles. The van der Waals surface area contributed by atoms with E-state index in [1.54, 1.807) is 0 Å². The highest BCUT2D eigenvalue weighted by Gasteiger charge is 2.32. The highest BCUT2D eigenvalue weighted by molar-refractivity contribution is 5.88. The van der Waals surface area contributed by atoms with Gasteiger partial charge in [-0.15, -0.1) is 0 Å². The summed E-state index contributed by atoms with van der Waals surface area (Å²) in [6, 6.07) is 8.10. The van der Waals surface area contributed by atoms with Crippen LogP contribution in [0.2, 0.25) is 0 Å². The van der Waals surface area contributed by atoms with Crippen LogP contribution in [0.15, 0.2) is 24.3 Å². The average Bonchev–Trinajstić information content (AvgIpc) is 3.03. The lowest BCUT2D eigenvalue weighted by Crippen LogP contribution is -2.37. The van der Waals surface area contributed by atoms with Gasteiger partial charge in [-0.05, 0) is 29.9 Å². The van der Waals surface area contributed by atoms with Gasteiger partial charge in [0, 0.05) is 18.8 Å². The molecule has 1 fully saturated rings. The van der Waals surface area contributed by atoms with E-state index >= 15 is 0 Å². The van der Waals surface area contributed by atoms with E-state index in [0.29, 0.717) is 5.41 Å². The molecule has 0 bridgehead atoms. The Morgan fingerprint density at radius 3 is 2.89 bits per heavy atom. The van der Waals surface area contributed by atoms with Crippen LogP contribution < -0.4 is 10.6 Å². The maximum absolute atomic E-state index is 12.4. The molecule has 102 valence electrons. The Morgan fingerprint density at radius 1 is 1.37 bits per heavy atom. The number of carbonyl (C=O) groups excluding carboxylic acids is 1. The van der Waals surface area contributed by atoms with Crippen LogP contribution in [0.5, 0.6) is 0 Å². The summed E-state index contributed by atoms with van der Waals surface area (Å²) in [6.45, 7) is 3.84. The molecule has 3 rings (SSSR count). The summed E-state index contributed by atoms with van der Waals surface area (Å²) in [5.41, 5.74) is 2.56. The molecule has 0 spiro atoms. The van der Waals surface area contributed by atoms with Gasteiger partial charge >= 0.3 is 0 Å². The number of carbonyl (C=O) groups is 1. The SMILES string of the molecule is CC1(CNC(=O)C2CNc3ccccc32)CCCC1. The maximum Gasteiger partial charge on any atom is 0.229 e. The third-order valence-electron chi connectivity index (χ3n) is 4.65. The molecule has 0 saturated heterocycles. The van der Waals surface area contributed by atoms with Gasteiger partial charge in [0.15, 0.2) is 0 Å². The normalized spacial score (nSPS) is 23.7. The Hall–Kier alpha value is -1.51. The summed E-state index contributed by atoms with van der Waals surface area (Å²) >= 11 is 0. The van der Waals surface area contributed by atoms with Crippen molar-refractivity contribution in [1.82, 2.24) is 5.32 Å². The second-order valence-electron chi connectivity index (χ2n) is 6.26. The fourth-order valence-corrected chi connectivity index (χ4v) is 3.35. The largest absolute Gasteiger partial charge is 0.384 e. The fraction of sp³-hybridized carbons (Fsp3) is 0.562. The van der Waals surface area contributed by atoms with E-state index < -0.39 is 0 Å². The zero-order chi connectivity index (χ0) is 13.3. The standard InChI is InChI=1S/C16H22N2O/c1-16(8-4-5-9-16)11-18-15(19)13-10-17-14-7-3-2-6-12(13)14/h2-3,6-7,13,17H,4-5,8-11H2,1H3,(H,18,19). The smallest absolute Gasteiger partial charge is 0.229 e. The molecule has 2 N–H and O–H groups in total. The summed E-state index contributed by atoms with van der Waals surface area (Å²) in [6.07, 6.45) is 5.10. The van der Waals surface area contributed by atoms with Gasteiger partial charge in [-0.1, -0.05) is 38.0 Å². The Morgan fingerprint density at radius 2 is 2.11 bits per heavy atom. The summed E-state index contributed by atoms with van der Waals surface area (Å²) in [5.74, 6) is 0.145. The van der Waals surface area contributed by atoms with Crippen molar-refractivity contribution in [3.05, 3.63) is 29.8 Å². The van der Waals surface area contributed by atoms with Crippen molar-refractivity contribution in [3.63, 3.8) is 0 Å². The molecular formula is C16H22N2O. The van der Waals surface area contributed by atoms with E-state index in [1.165, 1.54) is 25.7 Å². The van der Waals surface area contributed by atoms with Crippen molar-refractivity contribution >= 4 is 11.6 Å². The second-order valence-corrected chi connectivity index (χ2v) is 6.26. The number of hydrogen-bond acceptors (Lipinski definition) is 2. The molecule has 1 aromatic carbocycles. The second kappa shape index (κ2) is 4.87. The van der Waals surface area contributed by atoms with Crippen LogP contribution >= 0.6 is 0 Å². The van der Waals surface area contributed by atoms with Crippen molar-refractivity contribution in [1.29, 1.82) is 0 Å². The molecule has 2 aliphatic rings. The van der Waals surface area contributed by atoms with Crippen molar-refractivity contribution in [2.75, 3.05) is 18.4 Å². The lowest BCUT2D eigenvalue weighted by molar-refractivity contribution is -0.122. The highest BCUT2D eigenvalue weighted by atomic mass is 16.1. The first kappa shape index (κ1) is 12.5. The highest BCUT2D eigenvalue weighted by Crippen LogP contribution is 2.37. The van der Waals surface area contributed by atoms with Crippen LogP contribution in [0.25, 0.3) is 0 Å². The number of amides is 1. The third kappa shape index (κ3) is 2.46. The van der Waals surface area contributed by atoms with E-state index in [1.807, 2.05) is 18.2 Å². The first-order valence-electron chi connectivity index (χ1n) is 7.28. The maximum atomic E-state index is 12.4. The van der Waals surface area contributed by atoms with Crippen LogP contribution in [0.1, 0.15) is 44.1 Å². The molecule has 1 aliphatic heterocycles. The number of hydrogen-bond donors (Lipinski definition) is 2. The van der Waals surface area contributed by atoms with Crippen molar-refractivity contribution < 1.29 is 4.79 Å². The zero-order valence-corrected chi connectivity index (χ0v) is 11.5.